The minimum Gasteiger partial charge on any atom is -0.466 e. The Bertz CT molecular complexity index is 719. The molecular weight excluding hydrogens is 290 g/mol. The molecule has 0 saturated heterocycles. The molecule has 2 heterocycles. The molecule has 124 valence electrons. The highest BCUT2D eigenvalue weighted by Crippen LogP contribution is 2.42. The third-order valence-electron chi connectivity index (χ3n) is 4.98. The van der Waals surface area contributed by atoms with E-state index in [-0.39, 0.29) is 11.6 Å². The van der Waals surface area contributed by atoms with Crippen LogP contribution >= 0.6 is 0 Å². The van der Waals surface area contributed by atoms with Gasteiger partial charge in [0.05, 0.1) is 18.9 Å². The first-order valence-electron chi connectivity index (χ1n) is 8.51. The second-order valence-electron chi connectivity index (χ2n) is 6.21. The van der Waals surface area contributed by atoms with Crippen LogP contribution in [-0.2, 0) is 32.7 Å². The summed E-state index contributed by atoms with van der Waals surface area (Å²) in [6.07, 6.45) is 3.47. The van der Waals surface area contributed by atoms with Crippen LogP contribution in [0.15, 0.2) is 18.2 Å². The molecule has 4 nitrogen and oxygen atoms in total. The number of aryl methyl sites for hydroxylation is 1. The highest BCUT2D eigenvalue weighted by Gasteiger charge is 2.39. The Kier molecular flexibility index (Phi) is 4.44. The lowest BCUT2D eigenvalue weighted by molar-refractivity contribution is -0.144. The zero-order chi connectivity index (χ0) is 16.4. The van der Waals surface area contributed by atoms with Crippen LogP contribution < -0.4 is 0 Å². The van der Waals surface area contributed by atoms with E-state index in [1.165, 1.54) is 34.6 Å². The summed E-state index contributed by atoms with van der Waals surface area (Å²) < 4.78 is 11.4. The molecule has 0 saturated carbocycles. The lowest BCUT2D eigenvalue weighted by Gasteiger charge is -2.36. The zero-order valence-corrected chi connectivity index (χ0v) is 14.2. The molecule has 2 aromatic rings. The van der Waals surface area contributed by atoms with Gasteiger partial charge in [-0.05, 0) is 30.4 Å². The molecule has 0 fully saturated rings. The Balaban J connectivity index is 2.04. The number of rotatable bonds is 5. The van der Waals surface area contributed by atoms with Gasteiger partial charge in [0.15, 0.2) is 0 Å². The Morgan fingerprint density at radius 3 is 2.91 bits per heavy atom. The van der Waals surface area contributed by atoms with E-state index in [9.17, 15) is 4.79 Å². The van der Waals surface area contributed by atoms with Gasteiger partial charge in [0, 0.05) is 24.2 Å². The van der Waals surface area contributed by atoms with Gasteiger partial charge in [-0.25, -0.2) is 0 Å². The summed E-state index contributed by atoms with van der Waals surface area (Å²) in [5, 5.41) is 1.31. The summed E-state index contributed by atoms with van der Waals surface area (Å²) in [6.45, 7) is 6.86. The molecule has 0 spiro atoms. The van der Waals surface area contributed by atoms with E-state index >= 15 is 0 Å². The van der Waals surface area contributed by atoms with E-state index in [2.05, 4.69) is 37.0 Å². The van der Waals surface area contributed by atoms with Gasteiger partial charge in [-0.2, -0.15) is 0 Å². The predicted molar refractivity (Wildman–Crippen MR) is 90.6 cm³/mol. The maximum absolute atomic E-state index is 11.1. The predicted octanol–water partition coefficient (Wildman–Crippen LogP) is 3.86. The highest BCUT2D eigenvalue weighted by molar-refractivity contribution is 5.88. The third-order valence-corrected chi connectivity index (χ3v) is 4.98. The molecule has 1 atom stereocenters. The SMILES string of the molecule is CCc1cccc2c3c([nH]c12)[C@@](CC)(CCOC(C)=O)OCC3. The van der Waals surface area contributed by atoms with Crippen LogP contribution in [0.25, 0.3) is 10.9 Å². The maximum atomic E-state index is 11.1. The number of H-pyrrole nitrogens is 1. The van der Waals surface area contributed by atoms with Gasteiger partial charge in [-0.3, -0.25) is 4.79 Å². The summed E-state index contributed by atoms with van der Waals surface area (Å²) in [6, 6.07) is 6.51. The smallest absolute Gasteiger partial charge is 0.302 e. The van der Waals surface area contributed by atoms with Gasteiger partial charge < -0.3 is 14.5 Å². The lowest BCUT2D eigenvalue weighted by atomic mass is 9.86. The fourth-order valence-corrected chi connectivity index (χ4v) is 3.71. The van der Waals surface area contributed by atoms with E-state index in [1.807, 2.05) is 0 Å². The molecule has 3 rings (SSSR count). The second-order valence-corrected chi connectivity index (χ2v) is 6.21. The number of esters is 1. The van der Waals surface area contributed by atoms with E-state index < -0.39 is 0 Å². The molecule has 1 aliphatic rings. The monoisotopic (exact) mass is 315 g/mol. The van der Waals surface area contributed by atoms with Gasteiger partial charge in [0.2, 0.25) is 0 Å². The quantitative estimate of drug-likeness (QED) is 0.852. The Morgan fingerprint density at radius 2 is 2.22 bits per heavy atom. The van der Waals surface area contributed by atoms with Crippen molar-refractivity contribution < 1.29 is 14.3 Å². The molecule has 0 unspecified atom stereocenters. The molecule has 4 heteroatoms. The van der Waals surface area contributed by atoms with Crippen molar-refractivity contribution in [2.24, 2.45) is 0 Å². The number of fused-ring (bicyclic) bond motifs is 3. The molecule has 0 radical (unpaired) electrons. The van der Waals surface area contributed by atoms with E-state index in [4.69, 9.17) is 9.47 Å². The Morgan fingerprint density at radius 1 is 1.39 bits per heavy atom. The van der Waals surface area contributed by atoms with E-state index in [0.717, 1.165) is 19.3 Å². The number of benzene rings is 1. The number of carbonyl (C=O) groups is 1. The van der Waals surface area contributed by atoms with Crippen molar-refractivity contribution >= 4 is 16.9 Å². The summed E-state index contributed by atoms with van der Waals surface area (Å²) in [7, 11) is 0. The first kappa shape index (κ1) is 16.1. The van der Waals surface area contributed by atoms with Crippen LogP contribution in [0.3, 0.4) is 0 Å². The molecule has 1 aromatic carbocycles. The van der Waals surface area contributed by atoms with Gasteiger partial charge in [0.25, 0.3) is 0 Å². The standard InChI is InChI=1S/C19H25NO3/c1-4-14-7-6-8-15-16-9-11-23-19(5-2,10-12-22-13(3)21)18(16)20-17(14)15/h6-8,20H,4-5,9-12H2,1-3H3/t19-/m1/s1. The minimum absolute atomic E-state index is 0.239. The largest absolute Gasteiger partial charge is 0.466 e. The Hall–Kier alpha value is -1.81. The van der Waals surface area contributed by atoms with Crippen molar-refractivity contribution in [1.82, 2.24) is 4.98 Å². The molecule has 1 aliphatic heterocycles. The van der Waals surface area contributed by atoms with Crippen LogP contribution in [0.5, 0.6) is 0 Å². The number of aromatic nitrogens is 1. The maximum Gasteiger partial charge on any atom is 0.302 e. The van der Waals surface area contributed by atoms with Crippen molar-refractivity contribution in [3.05, 3.63) is 35.0 Å². The molecule has 23 heavy (non-hydrogen) atoms. The number of nitrogens with one attached hydrogen (secondary N) is 1. The summed E-state index contributed by atoms with van der Waals surface area (Å²) in [4.78, 5) is 14.7. The molecule has 0 aliphatic carbocycles. The number of ether oxygens (including phenoxy) is 2. The highest BCUT2D eigenvalue weighted by atomic mass is 16.5. The molecule has 0 amide bonds. The van der Waals surface area contributed by atoms with Crippen molar-refractivity contribution in [2.45, 2.75) is 52.1 Å². The second kappa shape index (κ2) is 6.36. The number of hydrogen-bond acceptors (Lipinski definition) is 3. The van der Waals surface area contributed by atoms with Crippen molar-refractivity contribution in [1.29, 1.82) is 0 Å². The topological polar surface area (TPSA) is 51.3 Å². The van der Waals surface area contributed by atoms with Gasteiger partial charge in [-0.1, -0.05) is 32.0 Å². The number of hydrogen-bond donors (Lipinski definition) is 1. The van der Waals surface area contributed by atoms with Crippen LogP contribution in [0.4, 0.5) is 0 Å². The van der Waals surface area contributed by atoms with Crippen molar-refractivity contribution in [3.63, 3.8) is 0 Å². The molecule has 1 aromatic heterocycles. The number of aromatic amines is 1. The fourth-order valence-electron chi connectivity index (χ4n) is 3.71. The third kappa shape index (κ3) is 2.76. The zero-order valence-electron chi connectivity index (χ0n) is 14.2. The van der Waals surface area contributed by atoms with Crippen LogP contribution in [0.1, 0.15) is 50.4 Å². The van der Waals surface area contributed by atoms with Gasteiger partial charge in [0.1, 0.15) is 5.60 Å². The summed E-state index contributed by atoms with van der Waals surface area (Å²) >= 11 is 0. The van der Waals surface area contributed by atoms with Gasteiger partial charge in [-0.15, -0.1) is 0 Å². The van der Waals surface area contributed by atoms with E-state index in [1.54, 1.807) is 0 Å². The molecule has 1 N–H and O–H groups in total. The lowest BCUT2D eigenvalue weighted by Crippen LogP contribution is -2.36. The molecule has 0 bridgehead atoms. The first-order valence-corrected chi connectivity index (χ1v) is 8.51. The molecular formula is C19H25NO3. The normalized spacial score (nSPS) is 20.5. The van der Waals surface area contributed by atoms with Crippen molar-refractivity contribution in [3.8, 4) is 0 Å². The van der Waals surface area contributed by atoms with Crippen molar-refractivity contribution in [2.75, 3.05) is 13.2 Å². The fraction of sp³-hybridized carbons (Fsp3) is 0.526. The average molecular weight is 315 g/mol. The first-order chi connectivity index (χ1) is 11.1. The Labute approximate surface area is 137 Å². The van der Waals surface area contributed by atoms with Crippen LogP contribution in [-0.4, -0.2) is 24.2 Å². The average Bonchev–Trinajstić information content (AvgIpc) is 2.94. The van der Waals surface area contributed by atoms with Crippen LogP contribution in [0, 0.1) is 0 Å². The van der Waals surface area contributed by atoms with Gasteiger partial charge >= 0.3 is 5.97 Å². The van der Waals surface area contributed by atoms with E-state index in [0.29, 0.717) is 19.6 Å². The number of carbonyl (C=O) groups excluding carboxylic acids is 1. The number of para-hydroxylation sites is 1. The summed E-state index contributed by atoms with van der Waals surface area (Å²) in [5.41, 5.74) is 4.73. The minimum atomic E-state index is -0.382. The summed E-state index contributed by atoms with van der Waals surface area (Å²) in [5.74, 6) is -0.239. The van der Waals surface area contributed by atoms with Crippen LogP contribution in [0.2, 0.25) is 0 Å².